The third-order valence-corrected chi connectivity index (χ3v) is 4.41. The van der Waals surface area contributed by atoms with Crippen molar-refractivity contribution in [2.45, 2.75) is 12.0 Å². The van der Waals surface area contributed by atoms with Crippen LogP contribution in [0.15, 0.2) is 36.4 Å². The Balaban J connectivity index is 2.11. The van der Waals surface area contributed by atoms with Crippen LogP contribution in [0.25, 0.3) is 6.08 Å². The number of rotatable bonds is 6. The first-order chi connectivity index (χ1) is 13.3. The van der Waals surface area contributed by atoms with E-state index in [2.05, 4.69) is 0 Å². The summed E-state index contributed by atoms with van der Waals surface area (Å²) in [6, 6.07) is 7.39. The number of phenols is 1. The summed E-state index contributed by atoms with van der Waals surface area (Å²) in [6.45, 7) is 0. The third kappa shape index (κ3) is 3.44. The van der Waals surface area contributed by atoms with Crippen LogP contribution in [0.2, 0.25) is 0 Å². The summed E-state index contributed by atoms with van der Waals surface area (Å²) in [5.41, 5.74) is 1.14. The number of phenolic OH excluding ortho intramolecular Hbond substituents is 1. The van der Waals surface area contributed by atoms with Crippen LogP contribution in [0, 0.1) is 0 Å². The molecule has 0 fully saturated rings. The highest BCUT2D eigenvalue weighted by Gasteiger charge is 2.39. The maximum absolute atomic E-state index is 11.9. The molecule has 0 spiro atoms. The Bertz CT molecular complexity index is 963. The summed E-state index contributed by atoms with van der Waals surface area (Å²) < 4.78 is 16.2. The van der Waals surface area contributed by atoms with Crippen LogP contribution in [0.5, 0.6) is 23.0 Å². The van der Waals surface area contributed by atoms with Gasteiger partial charge in [0.2, 0.25) is 0 Å². The second-order valence-corrected chi connectivity index (χ2v) is 6.06. The smallest absolute Gasteiger partial charge is 0.166 e. The van der Waals surface area contributed by atoms with Crippen LogP contribution in [0.4, 0.5) is 0 Å². The molecule has 2 aromatic rings. The fraction of sp³-hybridized carbons (Fsp3) is 0.200. The van der Waals surface area contributed by atoms with Crippen molar-refractivity contribution in [3.05, 3.63) is 53.1 Å². The van der Waals surface area contributed by atoms with Gasteiger partial charge in [-0.05, 0) is 41.5 Å². The molecule has 1 aliphatic rings. The topological polar surface area (TPSA) is 128 Å². The van der Waals surface area contributed by atoms with Crippen LogP contribution in [0.3, 0.4) is 0 Å². The van der Waals surface area contributed by atoms with E-state index in [0.29, 0.717) is 11.1 Å². The molecule has 2 aromatic carbocycles. The molecule has 8 nitrogen and oxygen atoms in total. The van der Waals surface area contributed by atoms with Crippen molar-refractivity contribution in [2.75, 3.05) is 14.2 Å². The maximum Gasteiger partial charge on any atom is 0.166 e. The first-order valence-electron chi connectivity index (χ1n) is 8.21. The summed E-state index contributed by atoms with van der Waals surface area (Å²) in [6.07, 6.45) is 1.14. The average Bonchev–Trinajstić information content (AvgIpc) is 3.05. The van der Waals surface area contributed by atoms with Gasteiger partial charge >= 0.3 is 0 Å². The zero-order chi connectivity index (χ0) is 20.4. The van der Waals surface area contributed by atoms with Crippen LogP contribution >= 0.6 is 0 Å². The van der Waals surface area contributed by atoms with Crippen LogP contribution in [-0.2, 0) is 9.59 Å². The normalized spacial score (nSPS) is 17.8. The minimum absolute atomic E-state index is 0.0981. The highest BCUT2D eigenvalue weighted by atomic mass is 16.5. The van der Waals surface area contributed by atoms with Gasteiger partial charge in [-0.2, -0.15) is 0 Å². The lowest BCUT2D eigenvalue weighted by Gasteiger charge is -2.21. The average molecular weight is 384 g/mol. The largest absolute Gasteiger partial charge is 0.549 e. The Morgan fingerprint density at radius 3 is 2.43 bits per heavy atom. The van der Waals surface area contributed by atoms with Gasteiger partial charge < -0.3 is 39.1 Å². The molecule has 0 bridgehead atoms. The molecule has 0 saturated heterocycles. The fourth-order valence-corrected chi connectivity index (χ4v) is 3.16. The van der Waals surface area contributed by atoms with E-state index in [-0.39, 0.29) is 28.6 Å². The van der Waals surface area contributed by atoms with Gasteiger partial charge in [0.1, 0.15) is 6.10 Å². The number of carbonyl (C=O) groups excluding carboxylic acids is 2. The number of aliphatic carboxylic acids is 2. The van der Waals surface area contributed by atoms with E-state index < -0.39 is 24.0 Å². The van der Waals surface area contributed by atoms with E-state index in [9.17, 15) is 24.9 Å². The number of ether oxygens (including phenoxy) is 3. The summed E-state index contributed by atoms with van der Waals surface area (Å²) in [5, 5.41) is 32.4. The predicted molar refractivity (Wildman–Crippen MR) is 92.8 cm³/mol. The molecule has 1 N–H and O–H groups in total. The minimum atomic E-state index is -1.39. The monoisotopic (exact) mass is 384 g/mol. The van der Waals surface area contributed by atoms with Crippen molar-refractivity contribution in [2.24, 2.45) is 0 Å². The number of carbonyl (C=O) groups is 2. The second-order valence-electron chi connectivity index (χ2n) is 6.06. The highest BCUT2D eigenvalue weighted by molar-refractivity contribution is 5.85. The van der Waals surface area contributed by atoms with E-state index in [1.165, 1.54) is 50.6 Å². The molecule has 28 heavy (non-hydrogen) atoms. The first kappa shape index (κ1) is 19.1. The summed E-state index contributed by atoms with van der Waals surface area (Å²) in [5.74, 6) is -3.42. The number of carboxylic acid groups (broad SMARTS) is 2. The van der Waals surface area contributed by atoms with Crippen molar-refractivity contribution in [3.63, 3.8) is 0 Å². The standard InChI is InChI=1S/C20H18O8/c1-26-14-9-11(4-5-13(14)21)18-17(20(24)25)12-7-10(3-6-16(22)23)8-15(27-2)19(12)28-18/h3-9,17-18,21H,1-2H3,(H,22,23)(H,24,25)/p-2/b6-3+/t17-,18+/m1/s1. The van der Waals surface area contributed by atoms with E-state index in [1.807, 2.05) is 0 Å². The Morgan fingerprint density at radius 1 is 1.11 bits per heavy atom. The molecule has 146 valence electrons. The quantitative estimate of drug-likeness (QED) is 0.697. The highest BCUT2D eigenvalue weighted by Crippen LogP contribution is 2.51. The van der Waals surface area contributed by atoms with Crippen molar-refractivity contribution in [3.8, 4) is 23.0 Å². The molecule has 8 heteroatoms. The maximum atomic E-state index is 11.9. The van der Waals surface area contributed by atoms with Gasteiger partial charge in [0, 0.05) is 5.56 Å². The van der Waals surface area contributed by atoms with Crippen LogP contribution in [0.1, 0.15) is 28.7 Å². The fourth-order valence-electron chi connectivity index (χ4n) is 3.16. The van der Waals surface area contributed by atoms with Gasteiger partial charge in [-0.1, -0.05) is 12.1 Å². The molecule has 0 unspecified atom stereocenters. The third-order valence-electron chi connectivity index (χ3n) is 4.41. The lowest BCUT2D eigenvalue weighted by molar-refractivity contribution is -0.309. The molecule has 0 amide bonds. The lowest BCUT2D eigenvalue weighted by atomic mass is 9.90. The predicted octanol–water partition coefficient (Wildman–Crippen LogP) is 0.140. The van der Waals surface area contributed by atoms with Crippen molar-refractivity contribution in [1.82, 2.24) is 0 Å². The number of carboxylic acids is 2. The summed E-state index contributed by atoms with van der Waals surface area (Å²) >= 11 is 0. The Labute approximate surface area is 160 Å². The first-order valence-corrected chi connectivity index (χ1v) is 8.21. The number of fused-ring (bicyclic) bond motifs is 1. The van der Waals surface area contributed by atoms with E-state index in [4.69, 9.17) is 14.2 Å². The molecule has 0 saturated carbocycles. The zero-order valence-corrected chi connectivity index (χ0v) is 15.0. The van der Waals surface area contributed by atoms with Gasteiger partial charge in [-0.3, -0.25) is 0 Å². The molecule has 1 heterocycles. The molecule has 0 aromatic heterocycles. The number of benzene rings is 2. The molecule has 3 rings (SSSR count). The van der Waals surface area contributed by atoms with E-state index >= 15 is 0 Å². The van der Waals surface area contributed by atoms with Crippen molar-refractivity contribution >= 4 is 18.0 Å². The van der Waals surface area contributed by atoms with Gasteiger partial charge in [0.25, 0.3) is 0 Å². The van der Waals surface area contributed by atoms with Gasteiger partial charge in [0.15, 0.2) is 23.0 Å². The molecular formula is C20H16O8-2. The molecule has 0 radical (unpaired) electrons. The summed E-state index contributed by atoms with van der Waals surface area (Å²) in [7, 11) is 2.76. The van der Waals surface area contributed by atoms with Crippen LogP contribution in [-0.4, -0.2) is 31.3 Å². The van der Waals surface area contributed by atoms with Crippen molar-refractivity contribution < 1.29 is 39.1 Å². The Kier molecular flexibility index (Phi) is 5.12. The molecule has 2 atom stereocenters. The second kappa shape index (κ2) is 7.51. The molecule has 1 aliphatic heterocycles. The number of hydrogen-bond acceptors (Lipinski definition) is 8. The molecule has 0 aliphatic carbocycles. The SMILES string of the molecule is COc1cc([C@@H]2Oc3c(OC)cc(/C=C/C(=O)[O-])cc3[C@H]2C(=O)[O-])ccc1O. The molecular weight excluding hydrogens is 368 g/mol. The van der Waals surface area contributed by atoms with Crippen LogP contribution < -0.4 is 24.4 Å². The van der Waals surface area contributed by atoms with Gasteiger partial charge in [-0.15, -0.1) is 0 Å². The Hall–Kier alpha value is -3.68. The van der Waals surface area contributed by atoms with Crippen molar-refractivity contribution in [1.29, 1.82) is 0 Å². The van der Waals surface area contributed by atoms with E-state index in [1.54, 1.807) is 0 Å². The zero-order valence-electron chi connectivity index (χ0n) is 15.0. The van der Waals surface area contributed by atoms with Gasteiger partial charge in [-0.25, -0.2) is 0 Å². The lowest BCUT2D eigenvalue weighted by Crippen LogP contribution is -2.32. The summed E-state index contributed by atoms with van der Waals surface area (Å²) in [4.78, 5) is 22.6. The van der Waals surface area contributed by atoms with Gasteiger partial charge in [0.05, 0.1) is 32.1 Å². The minimum Gasteiger partial charge on any atom is -0.549 e. The Morgan fingerprint density at radius 2 is 1.82 bits per heavy atom. The number of aromatic hydroxyl groups is 1. The number of hydrogen-bond donors (Lipinski definition) is 1. The number of methoxy groups -OCH3 is 2. The van der Waals surface area contributed by atoms with E-state index in [0.717, 1.165) is 6.08 Å².